The Morgan fingerprint density at radius 3 is 2.36 bits per heavy atom. The molecule has 3 aromatic rings. The summed E-state index contributed by atoms with van der Waals surface area (Å²) in [5, 5.41) is 2.93. The van der Waals surface area contributed by atoms with Gasteiger partial charge in [-0.25, -0.2) is 8.42 Å². The molecule has 10 nitrogen and oxygen atoms in total. The van der Waals surface area contributed by atoms with Crippen LogP contribution in [0.2, 0.25) is 0 Å². The lowest BCUT2D eigenvalue weighted by molar-refractivity contribution is -0.139. The van der Waals surface area contributed by atoms with Crippen LogP contribution < -0.4 is 23.8 Å². The zero-order valence-corrected chi connectivity index (χ0v) is 25.1. The molecule has 2 amide bonds. The van der Waals surface area contributed by atoms with Gasteiger partial charge in [-0.3, -0.25) is 13.9 Å². The monoisotopic (exact) mass is 595 g/mol. The van der Waals surface area contributed by atoms with Crippen molar-refractivity contribution in [2.24, 2.45) is 0 Å². The van der Waals surface area contributed by atoms with E-state index in [2.05, 4.69) is 5.32 Å². The van der Waals surface area contributed by atoms with Crippen LogP contribution in [-0.4, -0.2) is 64.1 Å². The Bertz CT molecular complexity index is 1500. The lowest BCUT2D eigenvalue weighted by Crippen LogP contribution is -2.52. The van der Waals surface area contributed by atoms with Crippen molar-refractivity contribution in [2.75, 3.05) is 31.2 Å². The minimum Gasteiger partial charge on any atom is -0.497 e. The van der Waals surface area contributed by atoms with Gasteiger partial charge in [0.25, 0.3) is 10.0 Å². The Labute approximate surface area is 247 Å². The summed E-state index contributed by atoms with van der Waals surface area (Å²) >= 11 is 0. The third-order valence-corrected chi connectivity index (χ3v) is 8.87. The molecule has 0 aromatic heterocycles. The van der Waals surface area contributed by atoms with E-state index in [0.29, 0.717) is 30.5 Å². The zero-order valence-electron chi connectivity index (χ0n) is 24.3. The number of ether oxygens (including phenoxy) is 3. The van der Waals surface area contributed by atoms with Gasteiger partial charge in [0.2, 0.25) is 11.8 Å². The van der Waals surface area contributed by atoms with Gasteiger partial charge in [-0.05, 0) is 62.2 Å². The number of anilines is 1. The number of benzene rings is 3. The van der Waals surface area contributed by atoms with Gasteiger partial charge in [-0.1, -0.05) is 37.3 Å². The van der Waals surface area contributed by atoms with Crippen molar-refractivity contribution in [2.45, 2.75) is 50.7 Å². The van der Waals surface area contributed by atoms with Gasteiger partial charge in [0.15, 0.2) is 11.5 Å². The van der Waals surface area contributed by atoms with Crippen LogP contribution in [0.3, 0.4) is 0 Å². The fourth-order valence-corrected chi connectivity index (χ4v) is 5.88. The molecular formula is C31H37N3O7S. The normalized spacial score (nSPS) is 13.9. The van der Waals surface area contributed by atoms with Crippen LogP contribution in [0.15, 0.2) is 77.7 Å². The summed E-state index contributed by atoms with van der Waals surface area (Å²) in [6.07, 6.45) is 0.718. The molecule has 1 aliphatic rings. The van der Waals surface area contributed by atoms with E-state index < -0.39 is 28.5 Å². The van der Waals surface area contributed by atoms with Gasteiger partial charge in [0.05, 0.1) is 17.7 Å². The molecule has 42 heavy (non-hydrogen) atoms. The van der Waals surface area contributed by atoms with Crippen LogP contribution >= 0.6 is 0 Å². The largest absolute Gasteiger partial charge is 0.497 e. The molecular weight excluding hydrogens is 558 g/mol. The maximum atomic E-state index is 14.1. The second kappa shape index (κ2) is 13.6. The highest BCUT2D eigenvalue weighted by Gasteiger charge is 2.33. The Morgan fingerprint density at radius 2 is 1.67 bits per heavy atom. The van der Waals surface area contributed by atoms with E-state index in [1.165, 1.54) is 17.0 Å². The van der Waals surface area contributed by atoms with E-state index >= 15 is 0 Å². The predicted molar refractivity (Wildman–Crippen MR) is 159 cm³/mol. The molecule has 224 valence electrons. The predicted octanol–water partition coefficient (Wildman–Crippen LogP) is 3.99. The molecule has 2 atom stereocenters. The van der Waals surface area contributed by atoms with Crippen LogP contribution in [0, 0.1) is 0 Å². The number of sulfonamides is 1. The number of carbonyl (C=O) groups is 2. The minimum absolute atomic E-state index is 0.0228. The maximum Gasteiger partial charge on any atom is 0.264 e. The lowest BCUT2D eigenvalue weighted by atomic mass is 10.1. The smallest absolute Gasteiger partial charge is 0.264 e. The SMILES string of the molecule is CC[C@@H](C)NC(=O)[C@H](C)N(Cc1cccc(OC)c1)C(=O)CN(c1ccc2c(c1)OCCO2)S(=O)(=O)c1ccccc1. The van der Waals surface area contributed by atoms with Crippen molar-refractivity contribution >= 4 is 27.5 Å². The quantitative estimate of drug-likeness (QED) is 0.337. The third kappa shape index (κ3) is 7.14. The highest BCUT2D eigenvalue weighted by atomic mass is 32.2. The number of carbonyl (C=O) groups excluding carboxylic acids is 2. The first-order chi connectivity index (χ1) is 20.1. The summed E-state index contributed by atoms with van der Waals surface area (Å²) < 4.78 is 45.6. The molecule has 4 rings (SSSR count). The highest BCUT2D eigenvalue weighted by Crippen LogP contribution is 2.36. The number of rotatable bonds is 12. The second-order valence-electron chi connectivity index (χ2n) is 10.0. The number of amides is 2. The molecule has 0 radical (unpaired) electrons. The maximum absolute atomic E-state index is 14.1. The Balaban J connectivity index is 1.73. The molecule has 0 unspecified atom stereocenters. The lowest BCUT2D eigenvalue weighted by Gasteiger charge is -2.32. The zero-order chi connectivity index (χ0) is 30.3. The first-order valence-corrected chi connectivity index (χ1v) is 15.3. The number of hydrogen-bond acceptors (Lipinski definition) is 7. The van der Waals surface area contributed by atoms with Gasteiger partial charge in [0.1, 0.15) is 31.5 Å². The fourth-order valence-electron chi connectivity index (χ4n) is 4.45. The summed E-state index contributed by atoms with van der Waals surface area (Å²) in [6, 6.07) is 18.8. The van der Waals surface area contributed by atoms with E-state index in [1.807, 2.05) is 19.9 Å². The molecule has 1 heterocycles. The molecule has 0 saturated carbocycles. The topological polar surface area (TPSA) is 114 Å². The van der Waals surface area contributed by atoms with Crippen molar-refractivity contribution in [3.8, 4) is 17.2 Å². The van der Waals surface area contributed by atoms with E-state index in [9.17, 15) is 18.0 Å². The molecule has 0 spiro atoms. The molecule has 1 aliphatic heterocycles. The molecule has 0 aliphatic carbocycles. The van der Waals surface area contributed by atoms with Crippen LogP contribution in [0.1, 0.15) is 32.8 Å². The molecule has 1 N–H and O–H groups in total. The van der Waals surface area contributed by atoms with Crippen LogP contribution in [0.4, 0.5) is 5.69 Å². The Kier molecular flexibility index (Phi) is 9.95. The Morgan fingerprint density at radius 1 is 0.952 bits per heavy atom. The van der Waals surface area contributed by atoms with Gasteiger partial charge in [-0.2, -0.15) is 0 Å². The van der Waals surface area contributed by atoms with E-state index in [0.717, 1.165) is 16.3 Å². The second-order valence-corrected chi connectivity index (χ2v) is 11.9. The summed E-state index contributed by atoms with van der Waals surface area (Å²) in [5.41, 5.74) is 0.956. The van der Waals surface area contributed by atoms with Gasteiger partial charge >= 0.3 is 0 Å². The summed E-state index contributed by atoms with van der Waals surface area (Å²) in [4.78, 5) is 28.7. The number of fused-ring (bicyclic) bond motifs is 1. The fraction of sp³-hybridized carbons (Fsp3) is 0.355. The average Bonchev–Trinajstić information content (AvgIpc) is 3.02. The van der Waals surface area contributed by atoms with Gasteiger partial charge < -0.3 is 24.4 Å². The van der Waals surface area contributed by atoms with E-state index in [-0.39, 0.29) is 29.1 Å². The first kappa shape index (κ1) is 30.7. The number of hydrogen-bond donors (Lipinski definition) is 1. The first-order valence-electron chi connectivity index (χ1n) is 13.8. The highest BCUT2D eigenvalue weighted by molar-refractivity contribution is 7.92. The molecule has 0 fully saturated rings. The molecule has 3 aromatic carbocycles. The standard InChI is InChI=1S/C31H37N3O7S/c1-5-22(2)32-31(36)23(3)33(20-24-10-9-11-26(18-24)39-4)30(35)21-34(42(37,38)27-12-7-6-8-13-27)25-14-15-28-29(19-25)41-17-16-40-28/h6-15,18-19,22-23H,5,16-17,20-21H2,1-4H3,(H,32,36)/t22-,23+/m1/s1. The van der Waals surface area contributed by atoms with E-state index in [1.54, 1.807) is 68.6 Å². The van der Waals surface area contributed by atoms with Crippen molar-refractivity contribution in [3.05, 3.63) is 78.4 Å². The summed E-state index contributed by atoms with van der Waals surface area (Å²) in [7, 11) is -2.65. The van der Waals surface area contributed by atoms with Crippen LogP contribution in [0.25, 0.3) is 0 Å². The number of methoxy groups -OCH3 is 1. The van der Waals surface area contributed by atoms with Gasteiger partial charge in [0, 0.05) is 18.7 Å². The average molecular weight is 596 g/mol. The summed E-state index contributed by atoms with van der Waals surface area (Å²) in [5.74, 6) is 0.579. The van der Waals surface area contributed by atoms with Crippen molar-refractivity contribution in [1.29, 1.82) is 0 Å². The van der Waals surface area contributed by atoms with Crippen LogP contribution in [-0.2, 0) is 26.2 Å². The number of nitrogens with one attached hydrogen (secondary N) is 1. The van der Waals surface area contributed by atoms with Crippen molar-refractivity contribution in [3.63, 3.8) is 0 Å². The van der Waals surface area contributed by atoms with E-state index in [4.69, 9.17) is 14.2 Å². The molecule has 0 saturated heterocycles. The van der Waals surface area contributed by atoms with Crippen molar-refractivity contribution < 1.29 is 32.2 Å². The van der Waals surface area contributed by atoms with Crippen molar-refractivity contribution in [1.82, 2.24) is 10.2 Å². The van der Waals surface area contributed by atoms with Crippen LogP contribution in [0.5, 0.6) is 17.2 Å². The molecule has 0 bridgehead atoms. The van der Waals surface area contributed by atoms with Gasteiger partial charge in [-0.15, -0.1) is 0 Å². The minimum atomic E-state index is -4.19. The number of nitrogens with zero attached hydrogens (tertiary/aromatic N) is 2. The summed E-state index contributed by atoms with van der Waals surface area (Å²) in [6.45, 7) is 5.68. The Hall–Kier alpha value is -4.25. The molecule has 11 heteroatoms. The third-order valence-electron chi connectivity index (χ3n) is 7.08.